The highest BCUT2D eigenvalue weighted by molar-refractivity contribution is 6.18. The van der Waals surface area contributed by atoms with E-state index >= 15 is 0 Å². The standard InChI is InChI=1S/C9H13ClN2/c1-2-12-6-11-5-9(12)8-3-7(8)4-10/h5-8H,2-4H2,1H3. The van der Waals surface area contributed by atoms with Gasteiger partial charge < -0.3 is 4.57 Å². The second-order valence-corrected chi connectivity index (χ2v) is 3.67. The molecule has 12 heavy (non-hydrogen) atoms. The molecule has 2 unspecified atom stereocenters. The van der Waals surface area contributed by atoms with Gasteiger partial charge in [-0.1, -0.05) is 0 Å². The Labute approximate surface area is 77.6 Å². The minimum Gasteiger partial charge on any atom is -0.335 e. The summed E-state index contributed by atoms with van der Waals surface area (Å²) in [6, 6.07) is 0. The Bertz CT molecular complexity index is 269. The summed E-state index contributed by atoms with van der Waals surface area (Å²) in [6.45, 7) is 3.16. The zero-order valence-electron chi connectivity index (χ0n) is 7.20. The summed E-state index contributed by atoms with van der Waals surface area (Å²) in [5.74, 6) is 2.18. The monoisotopic (exact) mass is 184 g/mol. The summed E-state index contributed by atoms with van der Waals surface area (Å²) < 4.78 is 2.21. The average molecular weight is 185 g/mol. The van der Waals surface area contributed by atoms with Gasteiger partial charge >= 0.3 is 0 Å². The Morgan fingerprint density at radius 2 is 2.58 bits per heavy atom. The van der Waals surface area contributed by atoms with Crippen LogP contribution in [0, 0.1) is 5.92 Å². The third-order valence-electron chi connectivity index (χ3n) is 2.59. The van der Waals surface area contributed by atoms with Crippen molar-refractivity contribution in [2.45, 2.75) is 25.8 Å². The molecule has 3 heteroatoms. The molecule has 2 rings (SSSR count). The van der Waals surface area contributed by atoms with Gasteiger partial charge in [-0.25, -0.2) is 4.98 Å². The predicted molar refractivity (Wildman–Crippen MR) is 49.5 cm³/mol. The normalized spacial score (nSPS) is 27.5. The lowest BCUT2D eigenvalue weighted by atomic mass is 10.2. The lowest BCUT2D eigenvalue weighted by molar-refractivity contribution is 0.701. The van der Waals surface area contributed by atoms with Gasteiger partial charge in [-0.05, 0) is 19.3 Å². The van der Waals surface area contributed by atoms with Crippen molar-refractivity contribution < 1.29 is 0 Å². The quantitative estimate of drug-likeness (QED) is 0.659. The van der Waals surface area contributed by atoms with E-state index in [0.29, 0.717) is 11.8 Å². The zero-order chi connectivity index (χ0) is 8.55. The van der Waals surface area contributed by atoms with Crippen molar-refractivity contribution in [2.75, 3.05) is 5.88 Å². The molecule has 2 atom stereocenters. The van der Waals surface area contributed by atoms with Crippen LogP contribution in [0.15, 0.2) is 12.5 Å². The van der Waals surface area contributed by atoms with Crippen molar-refractivity contribution in [3.8, 4) is 0 Å². The van der Waals surface area contributed by atoms with Gasteiger partial charge in [-0.2, -0.15) is 0 Å². The number of nitrogens with zero attached hydrogens (tertiary/aromatic N) is 2. The zero-order valence-corrected chi connectivity index (χ0v) is 7.96. The number of halogens is 1. The molecule has 1 aliphatic rings. The SMILES string of the molecule is CCn1cncc1C1CC1CCl. The second-order valence-electron chi connectivity index (χ2n) is 3.36. The fourth-order valence-electron chi connectivity index (χ4n) is 1.68. The molecule has 1 aliphatic carbocycles. The van der Waals surface area contributed by atoms with E-state index in [2.05, 4.69) is 16.5 Å². The largest absolute Gasteiger partial charge is 0.335 e. The van der Waals surface area contributed by atoms with Crippen molar-refractivity contribution in [3.05, 3.63) is 18.2 Å². The first-order valence-corrected chi connectivity index (χ1v) is 4.96. The molecule has 66 valence electrons. The van der Waals surface area contributed by atoms with Gasteiger partial charge in [0.1, 0.15) is 0 Å². The van der Waals surface area contributed by atoms with Crippen LogP contribution in [-0.4, -0.2) is 15.4 Å². The van der Waals surface area contributed by atoms with Crippen molar-refractivity contribution in [3.63, 3.8) is 0 Å². The van der Waals surface area contributed by atoms with Gasteiger partial charge in [-0.3, -0.25) is 0 Å². The molecule has 1 aromatic rings. The van der Waals surface area contributed by atoms with Gasteiger partial charge in [0, 0.05) is 30.2 Å². The lowest BCUT2D eigenvalue weighted by Crippen LogP contribution is -1.98. The molecule has 0 bridgehead atoms. The highest BCUT2D eigenvalue weighted by Gasteiger charge is 2.39. The van der Waals surface area contributed by atoms with E-state index in [4.69, 9.17) is 11.6 Å². The van der Waals surface area contributed by atoms with E-state index in [1.54, 1.807) is 0 Å². The van der Waals surface area contributed by atoms with Gasteiger partial charge in [0.05, 0.1) is 6.33 Å². The first-order chi connectivity index (χ1) is 5.86. The van der Waals surface area contributed by atoms with E-state index in [1.807, 2.05) is 12.5 Å². The molecule has 0 amide bonds. The van der Waals surface area contributed by atoms with Crippen LogP contribution in [0.4, 0.5) is 0 Å². The topological polar surface area (TPSA) is 17.8 Å². The number of hydrogen-bond acceptors (Lipinski definition) is 1. The Hall–Kier alpha value is -0.500. The number of hydrogen-bond donors (Lipinski definition) is 0. The summed E-state index contributed by atoms with van der Waals surface area (Å²) in [5, 5.41) is 0. The summed E-state index contributed by atoms with van der Waals surface area (Å²) in [6.07, 6.45) is 5.12. The Morgan fingerprint density at radius 1 is 1.75 bits per heavy atom. The molecule has 0 aromatic carbocycles. The third-order valence-corrected chi connectivity index (χ3v) is 2.98. The van der Waals surface area contributed by atoms with E-state index in [-0.39, 0.29) is 0 Å². The van der Waals surface area contributed by atoms with Crippen LogP contribution in [0.1, 0.15) is 25.0 Å². The Balaban J connectivity index is 2.13. The van der Waals surface area contributed by atoms with Crippen LogP contribution < -0.4 is 0 Å². The molecular formula is C9H13ClN2. The van der Waals surface area contributed by atoms with E-state index in [9.17, 15) is 0 Å². The summed E-state index contributed by atoms with van der Waals surface area (Å²) in [7, 11) is 0. The Morgan fingerprint density at radius 3 is 3.17 bits per heavy atom. The number of alkyl halides is 1. The van der Waals surface area contributed by atoms with E-state index in [1.165, 1.54) is 12.1 Å². The maximum Gasteiger partial charge on any atom is 0.0948 e. The molecule has 1 aromatic heterocycles. The smallest absolute Gasteiger partial charge is 0.0948 e. The van der Waals surface area contributed by atoms with Crippen LogP contribution in [0.2, 0.25) is 0 Å². The van der Waals surface area contributed by atoms with Crippen molar-refractivity contribution >= 4 is 11.6 Å². The van der Waals surface area contributed by atoms with Gasteiger partial charge in [0.15, 0.2) is 0 Å². The van der Waals surface area contributed by atoms with E-state index < -0.39 is 0 Å². The Kier molecular flexibility index (Phi) is 2.09. The highest BCUT2D eigenvalue weighted by atomic mass is 35.5. The van der Waals surface area contributed by atoms with Crippen molar-refractivity contribution in [2.24, 2.45) is 5.92 Å². The van der Waals surface area contributed by atoms with Gasteiger partial charge in [-0.15, -0.1) is 11.6 Å². The van der Waals surface area contributed by atoms with Gasteiger partial charge in [0.2, 0.25) is 0 Å². The first-order valence-electron chi connectivity index (χ1n) is 4.42. The second kappa shape index (κ2) is 3.09. The molecule has 0 spiro atoms. The molecule has 0 saturated heterocycles. The predicted octanol–water partition coefficient (Wildman–Crippen LogP) is 2.25. The van der Waals surface area contributed by atoms with Gasteiger partial charge in [0.25, 0.3) is 0 Å². The fourth-order valence-corrected chi connectivity index (χ4v) is 2.03. The molecule has 0 N–H and O–H groups in total. The fraction of sp³-hybridized carbons (Fsp3) is 0.667. The number of imidazole rings is 1. The molecule has 2 nitrogen and oxygen atoms in total. The van der Waals surface area contributed by atoms with Crippen LogP contribution in [-0.2, 0) is 6.54 Å². The average Bonchev–Trinajstić information content (AvgIpc) is 2.74. The molecule has 1 heterocycles. The number of aryl methyl sites for hydroxylation is 1. The minimum absolute atomic E-state index is 0.685. The maximum absolute atomic E-state index is 5.78. The molecule has 0 radical (unpaired) electrons. The van der Waals surface area contributed by atoms with Crippen LogP contribution in [0.3, 0.4) is 0 Å². The summed E-state index contributed by atoms with van der Waals surface area (Å²) in [5.41, 5.74) is 1.36. The van der Waals surface area contributed by atoms with Crippen LogP contribution >= 0.6 is 11.6 Å². The molecule has 1 saturated carbocycles. The lowest BCUT2D eigenvalue weighted by Gasteiger charge is -2.02. The third kappa shape index (κ3) is 1.24. The molecular weight excluding hydrogens is 172 g/mol. The maximum atomic E-state index is 5.78. The number of rotatable bonds is 3. The van der Waals surface area contributed by atoms with E-state index in [0.717, 1.165) is 12.4 Å². The van der Waals surface area contributed by atoms with Crippen molar-refractivity contribution in [1.29, 1.82) is 0 Å². The summed E-state index contributed by atoms with van der Waals surface area (Å²) >= 11 is 5.78. The number of aromatic nitrogens is 2. The summed E-state index contributed by atoms with van der Waals surface area (Å²) in [4.78, 5) is 4.14. The van der Waals surface area contributed by atoms with Crippen molar-refractivity contribution in [1.82, 2.24) is 9.55 Å². The van der Waals surface area contributed by atoms with Crippen LogP contribution in [0.5, 0.6) is 0 Å². The first kappa shape index (κ1) is 8.11. The molecule has 1 fully saturated rings. The highest BCUT2D eigenvalue weighted by Crippen LogP contribution is 2.47. The van der Waals surface area contributed by atoms with Crippen LogP contribution in [0.25, 0.3) is 0 Å². The minimum atomic E-state index is 0.685. The molecule has 0 aliphatic heterocycles.